The minimum Gasteiger partial charge on any atom is -0.456 e. The zero-order valence-corrected chi connectivity index (χ0v) is 37.4. The highest BCUT2D eigenvalue weighted by atomic mass is 16.6. The molecule has 11 atom stereocenters. The molecule has 1 saturated heterocycles. The van der Waals surface area contributed by atoms with Crippen molar-refractivity contribution in [1.29, 1.82) is 0 Å². The minimum absolute atomic E-state index is 0.0299. The molecule has 0 aromatic heterocycles. The number of hydrogen-bond donors (Lipinski definition) is 4. The Bertz CT molecular complexity index is 2080. The van der Waals surface area contributed by atoms with Gasteiger partial charge in [-0.2, -0.15) is 0 Å². The summed E-state index contributed by atoms with van der Waals surface area (Å²) in [6.45, 7) is 17.1. The molecule has 4 fully saturated rings. The standard InChI is InChI=1S/C46H61NO15/c1-22(2)17-28(47-41(55)62-42(6,7)8)33(50)40(54)58-29-20-46(56)37(60-39(53)27-14-12-13-23(3)18-27)35-44(11,30(49)19-31-45(35,21-57-31)61-25(5)48)36(51)34(59-38(52)26-15-16-26)32(24(29)4)43(46,9)10/h12-14,17-18,26,28-31,33-35,37,49-50,56H,15-16,19-21H2,1-11H3,(H,47,55)/t28-,29-,30-,31+,33+,34+,35-,37-,44+,45-,46+/m0/s1. The summed E-state index contributed by atoms with van der Waals surface area (Å²) < 4.78 is 36.0. The SMILES string of the molecule is CC(=O)O[C@@]12CO[C@@H]1C[C@H](O)[C@@]1(C)C(=O)[C@H](OC(=O)C3CC3)C3=C(C)[C@@H](OC(=O)[C@H](O)[C@H](C=C(C)C)NC(=O)OC(C)(C)C)C[C@@](O)([C@@H](OC(=O)c4cccc(C)c4)[C@H]21)C3(C)C. The zero-order chi connectivity index (χ0) is 46.1. The van der Waals surface area contributed by atoms with Crippen molar-refractivity contribution < 1.29 is 72.5 Å². The first kappa shape index (κ1) is 46.9. The quantitative estimate of drug-likeness (QED) is 0.147. The number of ketones is 1. The summed E-state index contributed by atoms with van der Waals surface area (Å²) in [4.78, 5) is 83.8. The lowest BCUT2D eigenvalue weighted by molar-refractivity contribution is -0.346. The van der Waals surface area contributed by atoms with Crippen molar-refractivity contribution in [3.05, 3.63) is 58.2 Å². The summed E-state index contributed by atoms with van der Waals surface area (Å²) in [5.41, 5.74) is -7.10. The van der Waals surface area contributed by atoms with Gasteiger partial charge in [0, 0.05) is 25.2 Å². The number of hydrogen-bond acceptors (Lipinski definition) is 15. The molecule has 1 aromatic rings. The van der Waals surface area contributed by atoms with Gasteiger partial charge in [0.2, 0.25) is 0 Å². The summed E-state index contributed by atoms with van der Waals surface area (Å²) in [6.07, 6.45) is -8.87. The second-order valence-corrected chi connectivity index (χ2v) is 19.6. The maximum atomic E-state index is 15.7. The molecule has 0 radical (unpaired) electrons. The average Bonchev–Trinajstić information content (AvgIpc) is 4.00. The molecule has 1 amide bonds. The average molecular weight is 868 g/mol. The van der Waals surface area contributed by atoms with Gasteiger partial charge in [0.1, 0.15) is 29.5 Å². The van der Waals surface area contributed by atoms with Crippen molar-refractivity contribution in [1.82, 2.24) is 5.32 Å². The second kappa shape index (κ2) is 16.5. The van der Waals surface area contributed by atoms with Crippen molar-refractivity contribution in [2.75, 3.05) is 6.61 Å². The predicted molar refractivity (Wildman–Crippen MR) is 219 cm³/mol. The van der Waals surface area contributed by atoms with Crippen LogP contribution in [0.4, 0.5) is 4.79 Å². The summed E-state index contributed by atoms with van der Waals surface area (Å²) in [5.74, 6) is -6.49. The number of ether oxygens (including phenoxy) is 6. The van der Waals surface area contributed by atoms with Gasteiger partial charge in [-0.25, -0.2) is 14.4 Å². The molecular formula is C46H61NO15. The molecule has 62 heavy (non-hydrogen) atoms. The van der Waals surface area contributed by atoms with Crippen LogP contribution in [0.5, 0.6) is 0 Å². The number of benzene rings is 1. The van der Waals surface area contributed by atoms with Crippen LogP contribution in [0.3, 0.4) is 0 Å². The molecule has 4 N–H and O–H groups in total. The Labute approximate surface area is 361 Å². The highest BCUT2D eigenvalue weighted by Crippen LogP contribution is 2.64. The fourth-order valence-corrected chi connectivity index (χ4v) is 9.95. The van der Waals surface area contributed by atoms with Crippen molar-refractivity contribution in [2.45, 2.75) is 161 Å². The number of aliphatic hydroxyl groups excluding tert-OH is 2. The van der Waals surface area contributed by atoms with E-state index in [1.807, 2.05) is 0 Å². The van der Waals surface area contributed by atoms with Gasteiger partial charge in [-0.15, -0.1) is 0 Å². The van der Waals surface area contributed by atoms with E-state index in [1.54, 1.807) is 80.5 Å². The van der Waals surface area contributed by atoms with Crippen molar-refractivity contribution >= 4 is 35.8 Å². The molecule has 6 rings (SSSR count). The summed E-state index contributed by atoms with van der Waals surface area (Å²) in [7, 11) is 0. The van der Waals surface area contributed by atoms with Gasteiger partial charge in [-0.05, 0) is 91.5 Å². The molecule has 1 heterocycles. The van der Waals surface area contributed by atoms with E-state index in [4.69, 9.17) is 28.4 Å². The van der Waals surface area contributed by atoms with Crippen LogP contribution in [-0.2, 0) is 47.6 Å². The van der Waals surface area contributed by atoms with Crippen LogP contribution in [0.2, 0.25) is 0 Å². The molecule has 2 bridgehead atoms. The molecule has 0 spiro atoms. The monoisotopic (exact) mass is 867 g/mol. The number of esters is 4. The number of carbonyl (C=O) groups is 6. The highest BCUT2D eigenvalue weighted by molar-refractivity contribution is 5.96. The van der Waals surface area contributed by atoms with Gasteiger partial charge in [0.05, 0.1) is 41.6 Å². The van der Waals surface area contributed by atoms with Crippen LogP contribution in [0.25, 0.3) is 0 Å². The van der Waals surface area contributed by atoms with Crippen LogP contribution in [-0.4, -0.2) is 117 Å². The highest BCUT2D eigenvalue weighted by Gasteiger charge is 2.78. The lowest BCUT2D eigenvalue weighted by Gasteiger charge is -2.67. The van der Waals surface area contributed by atoms with E-state index in [-0.39, 0.29) is 29.7 Å². The molecule has 4 aliphatic carbocycles. The largest absolute Gasteiger partial charge is 0.456 e. The van der Waals surface area contributed by atoms with E-state index in [2.05, 4.69) is 5.32 Å². The van der Waals surface area contributed by atoms with Gasteiger partial charge in [-0.1, -0.05) is 43.2 Å². The molecule has 0 unspecified atom stereocenters. The number of aryl methyl sites for hydroxylation is 1. The van der Waals surface area contributed by atoms with E-state index in [1.165, 1.54) is 19.1 Å². The predicted octanol–water partition coefficient (Wildman–Crippen LogP) is 4.12. The van der Waals surface area contributed by atoms with Crippen LogP contribution in [0, 0.1) is 29.6 Å². The molecule has 3 saturated carbocycles. The topological polar surface area (TPSA) is 231 Å². The maximum absolute atomic E-state index is 15.7. The molecule has 16 heteroatoms. The number of amides is 1. The van der Waals surface area contributed by atoms with E-state index < -0.39 is 124 Å². The summed E-state index contributed by atoms with van der Waals surface area (Å²) in [5, 5.41) is 39.9. The third kappa shape index (κ3) is 8.30. The first-order chi connectivity index (χ1) is 28.7. The van der Waals surface area contributed by atoms with E-state index in [0.717, 1.165) is 6.92 Å². The normalized spacial score (nSPS) is 33.4. The molecule has 16 nitrogen and oxygen atoms in total. The van der Waals surface area contributed by atoms with Crippen LogP contribution in [0.15, 0.2) is 47.1 Å². The number of fused-ring (bicyclic) bond motifs is 5. The van der Waals surface area contributed by atoms with Crippen molar-refractivity contribution in [2.24, 2.45) is 22.7 Å². The Kier molecular flexibility index (Phi) is 12.5. The molecular weight excluding hydrogens is 806 g/mol. The van der Waals surface area contributed by atoms with Crippen LogP contribution in [0.1, 0.15) is 111 Å². The Balaban J connectivity index is 1.55. The molecule has 5 aliphatic rings. The smallest absolute Gasteiger partial charge is 0.408 e. The first-order valence-electron chi connectivity index (χ1n) is 21.2. The van der Waals surface area contributed by atoms with Crippen molar-refractivity contribution in [3.63, 3.8) is 0 Å². The Morgan fingerprint density at radius 1 is 1.00 bits per heavy atom. The van der Waals surface area contributed by atoms with E-state index in [0.29, 0.717) is 24.0 Å². The number of allylic oxidation sites excluding steroid dienone is 1. The van der Waals surface area contributed by atoms with Gasteiger partial charge in [-0.3, -0.25) is 14.4 Å². The Morgan fingerprint density at radius 3 is 2.21 bits per heavy atom. The van der Waals surface area contributed by atoms with Crippen LogP contribution < -0.4 is 5.32 Å². The van der Waals surface area contributed by atoms with Gasteiger partial charge in [0.25, 0.3) is 0 Å². The fourth-order valence-electron chi connectivity index (χ4n) is 9.95. The minimum atomic E-state index is -2.38. The number of nitrogens with one attached hydrogen (secondary N) is 1. The number of aliphatic hydroxyl groups is 3. The third-order valence-corrected chi connectivity index (χ3v) is 13.3. The Hall–Kier alpha value is -4.64. The molecule has 340 valence electrons. The second-order valence-electron chi connectivity index (χ2n) is 19.6. The lowest BCUT2D eigenvalue weighted by Crippen LogP contribution is -2.82. The van der Waals surface area contributed by atoms with Gasteiger partial charge in [0.15, 0.2) is 23.6 Å². The maximum Gasteiger partial charge on any atom is 0.408 e. The summed E-state index contributed by atoms with van der Waals surface area (Å²) in [6, 6.07) is 5.15. The molecule has 1 aliphatic heterocycles. The molecule has 1 aromatic carbocycles. The fraction of sp³-hybridized carbons (Fsp3) is 0.652. The lowest BCUT2D eigenvalue weighted by atomic mass is 9.44. The Morgan fingerprint density at radius 2 is 1.66 bits per heavy atom. The van der Waals surface area contributed by atoms with Gasteiger partial charge < -0.3 is 49.1 Å². The summed E-state index contributed by atoms with van der Waals surface area (Å²) >= 11 is 0. The van der Waals surface area contributed by atoms with E-state index >= 15 is 4.79 Å². The number of rotatable bonds is 10. The van der Waals surface area contributed by atoms with Gasteiger partial charge >= 0.3 is 30.0 Å². The number of carbonyl (C=O) groups excluding carboxylic acids is 6. The zero-order valence-electron chi connectivity index (χ0n) is 37.4. The van der Waals surface area contributed by atoms with Crippen molar-refractivity contribution in [3.8, 4) is 0 Å². The number of alkyl carbamates (subject to hydrolysis) is 1. The number of Topliss-reactive ketones (excluding diaryl/α,β-unsaturated/α-hetero) is 1. The van der Waals surface area contributed by atoms with Crippen LogP contribution >= 0.6 is 0 Å². The third-order valence-electron chi connectivity index (χ3n) is 13.3. The first-order valence-corrected chi connectivity index (χ1v) is 21.2. The van der Waals surface area contributed by atoms with E-state index in [9.17, 15) is 39.3 Å².